The summed E-state index contributed by atoms with van der Waals surface area (Å²) in [6, 6.07) is 13.6. The van der Waals surface area contributed by atoms with Crippen molar-refractivity contribution in [2.75, 3.05) is 0 Å². The van der Waals surface area contributed by atoms with Gasteiger partial charge in [-0.2, -0.15) is 0 Å². The molecular weight excluding hydrogens is 550 g/mol. The van der Waals surface area contributed by atoms with Crippen LogP contribution in [-0.4, -0.2) is 27.6 Å². The summed E-state index contributed by atoms with van der Waals surface area (Å²) in [5.41, 5.74) is 8.46. The Morgan fingerprint density at radius 3 is 2.27 bits per heavy atom. The predicted molar refractivity (Wildman–Crippen MR) is 181 cm³/mol. The van der Waals surface area contributed by atoms with Gasteiger partial charge in [0, 0.05) is 34.8 Å². The molecule has 0 bridgehead atoms. The molecule has 2 atom stereocenters. The van der Waals surface area contributed by atoms with Crippen molar-refractivity contribution in [1.29, 1.82) is 0 Å². The first kappa shape index (κ1) is 35.5. The van der Waals surface area contributed by atoms with Gasteiger partial charge < -0.3 is 21.1 Å². The van der Waals surface area contributed by atoms with E-state index in [1.807, 2.05) is 107 Å². The Hall–Kier alpha value is -4.68. The van der Waals surface area contributed by atoms with Crippen molar-refractivity contribution in [3.63, 3.8) is 0 Å². The number of carbonyl (C=O) groups excluding carboxylic acids is 1. The van der Waals surface area contributed by atoms with E-state index in [4.69, 9.17) is 10.8 Å². The quantitative estimate of drug-likeness (QED) is 0.258. The average Bonchev–Trinajstić information content (AvgIpc) is 3.35. The van der Waals surface area contributed by atoms with Crippen LogP contribution < -0.4 is 5.73 Å². The Balaban J connectivity index is 0.000000673. The maximum absolute atomic E-state index is 12.6. The highest BCUT2D eigenvalue weighted by atomic mass is 16.4. The van der Waals surface area contributed by atoms with Gasteiger partial charge in [-0.1, -0.05) is 113 Å². The Labute approximate surface area is 261 Å². The van der Waals surface area contributed by atoms with Crippen LogP contribution in [0, 0.1) is 5.92 Å². The molecule has 6 heteroatoms. The molecule has 44 heavy (non-hydrogen) atoms. The normalized spacial score (nSPS) is 18.2. The molecule has 3 aliphatic carbocycles. The number of hydrogen-bond donors (Lipinski definition) is 4. The fourth-order valence-corrected chi connectivity index (χ4v) is 4.89. The summed E-state index contributed by atoms with van der Waals surface area (Å²) in [7, 11) is 0. The highest BCUT2D eigenvalue weighted by molar-refractivity contribution is 5.86. The van der Waals surface area contributed by atoms with E-state index >= 15 is 0 Å². The fraction of sp³-hybridized carbons (Fsp3) is 0.263. The van der Waals surface area contributed by atoms with Crippen LogP contribution in [0.25, 0.3) is 10.8 Å². The molecule has 0 aromatic heterocycles. The second-order valence-electron chi connectivity index (χ2n) is 9.92. The lowest BCUT2D eigenvalue weighted by molar-refractivity contribution is -0.136. The van der Waals surface area contributed by atoms with Crippen LogP contribution in [0.5, 0.6) is 0 Å². The summed E-state index contributed by atoms with van der Waals surface area (Å²) in [6.07, 6.45) is 18.0. The van der Waals surface area contributed by atoms with Crippen LogP contribution in [0.15, 0.2) is 136 Å². The predicted octanol–water partition coefficient (Wildman–Crippen LogP) is 8.30. The van der Waals surface area contributed by atoms with Crippen LogP contribution in [0.3, 0.4) is 0 Å². The summed E-state index contributed by atoms with van der Waals surface area (Å²) in [6.45, 7) is 11.6. The van der Waals surface area contributed by atoms with E-state index in [-0.39, 0.29) is 18.1 Å². The molecule has 3 aliphatic rings. The monoisotopic (exact) mass is 595 g/mol. The van der Waals surface area contributed by atoms with E-state index in [2.05, 4.69) is 0 Å². The van der Waals surface area contributed by atoms with Crippen molar-refractivity contribution in [2.45, 2.75) is 60.0 Å². The number of aldehydes is 1. The van der Waals surface area contributed by atoms with Crippen LogP contribution >= 0.6 is 0 Å². The van der Waals surface area contributed by atoms with Gasteiger partial charge in [0.15, 0.2) is 0 Å². The number of fused-ring (bicyclic) bond motifs is 2. The first-order chi connectivity index (χ1) is 21.2. The Morgan fingerprint density at radius 1 is 1.00 bits per heavy atom. The minimum absolute atomic E-state index is 0.0495. The molecule has 2 aromatic rings. The number of rotatable bonds is 5. The lowest BCUT2D eigenvalue weighted by atomic mass is 9.75. The van der Waals surface area contributed by atoms with Gasteiger partial charge in [0.2, 0.25) is 0 Å². The number of aliphatic hydroxyl groups is 2. The van der Waals surface area contributed by atoms with Gasteiger partial charge >= 0.3 is 5.97 Å². The second-order valence-corrected chi connectivity index (χ2v) is 9.92. The standard InChI is InChI=1S/C31H27NO3.C3H6O2.2C2H6/c1-20-6-8-25(19-33)28(14-7-20)31(35,26-12-9-21-4-2-3-5-22(21)16-26)29-15-11-23-17-27(32)13-10-24(23)18-30(29)34;1-2-3(4)5;2*1-2/h2-5,7-19,24,34-35H,6,32H2,1H3;2H2,1H3,(H,4,5);2*1-2H3. The highest BCUT2D eigenvalue weighted by Gasteiger charge is 2.42. The molecule has 0 saturated carbocycles. The number of hydrogen-bond acceptors (Lipinski definition) is 5. The molecule has 232 valence electrons. The molecule has 0 saturated heterocycles. The van der Waals surface area contributed by atoms with Gasteiger partial charge in [0.05, 0.1) is 0 Å². The third-order valence-corrected chi connectivity index (χ3v) is 7.14. The molecule has 2 aromatic carbocycles. The van der Waals surface area contributed by atoms with Crippen molar-refractivity contribution in [3.05, 3.63) is 142 Å². The van der Waals surface area contributed by atoms with Crippen LogP contribution in [0.1, 0.15) is 59.9 Å². The summed E-state index contributed by atoms with van der Waals surface area (Å²) in [4.78, 5) is 21.6. The van der Waals surface area contributed by atoms with Gasteiger partial charge in [-0.05, 0) is 59.5 Å². The smallest absolute Gasteiger partial charge is 0.303 e. The van der Waals surface area contributed by atoms with Crippen molar-refractivity contribution in [3.8, 4) is 0 Å². The number of aliphatic hydroxyl groups excluding tert-OH is 1. The van der Waals surface area contributed by atoms with Gasteiger partial charge in [0.1, 0.15) is 17.6 Å². The minimum Gasteiger partial charge on any atom is -0.508 e. The number of carboxylic acids is 1. The Bertz CT molecular complexity index is 1600. The van der Waals surface area contributed by atoms with E-state index in [1.54, 1.807) is 31.2 Å². The van der Waals surface area contributed by atoms with Crippen molar-refractivity contribution < 1.29 is 24.9 Å². The van der Waals surface area contributed by atoms with E-state index in [0.29, 0.717) is 34.4 Å². The lowest BCUT2D eigenvalue weighted by Gasteiger charge is -2.34. The Morgan fingerprint density at radius 2 is 1.64 bits per heavy atom. The number of benzene rings is 2. The number of allylic oxidation sites excluding steroid dienone is 11. The van der Waals surface area contributed by atoms with Gasteiger partial charge in [-0.25, -0.2) is 0 Å². The van der Waals surface area contributed by atoms with Crippen LogP contribution in [0.4, 0.5) is 0 Å². The summed E-state index contributed by atoms with van der Waals surface area (Å²) in [5.74, 6) is -0.972. The molecule has 0 spiro atoms. The van der Waals surface area contributed by atoms with Crippen molar-refractivity contribution in [2.24, 2.45) is 11.7 Å². The molecule has 0 radical (unpaired) electrons. The highest BCUT2D eigenvalue weighted by Crippen LogP contribution is 2.45. The summed E-state index contributed by atoms with van der Waals surface area (Å²) < 4.78 is 0. The summed E-state index contributed by atoms with van der Waals surface area (Å²) >= 11 is 0. The van der Waals surface area contributed by atoms with Crippen molar-refractivity contribution >= 4 is 23.0 Å². The maximum atomic E-state index is 12.6. The second kappa shape index (κ2) is 16.8. The molecular formula is C38H45NO5. The molecule has 0 heterocycles. The van der Waals surface area contributed by atoms with E-state index < -0.39 is 11.6 Å². The molecule has 6 nitrogen and oxygen atoms in total. The van der Waals surface area contributed by atoms with Crippen LogP contribution in [-0.2, 0) is 15.2 Å². The van der Waals surface area contributed by atoms with E-state index in [1.165, 1.54) is 0 Å². The molecule has 2 unspecified atom stereocenters. The third kappa shape index (κ3) is 8.23. The van der Waals surface area contributed by atoms with Crippen molar-refractivity contribution in [1.82, 2.24) is 0 Å². The maximum Gasteiger partial charge on any atom is 0.303 e. The topological polar surface area (TPSA) is 121 Å². The molecule has 5 rings (SSSR count). The largest absolute Gasteiger partial charge is 0.508 e. The summed E-state index contributed by atoms with van der Waals surface area (Å²) in [5, 5.41) is 33.7. The van der Waals surface area contributed by atoms with Gasteiger partial charge in [-0.15, -0.1) is 0 Å². The average molecular weight is 596 g/mol. The molecule has 0 aliphatic heterocycles. The van der Waals surface area contributed by atoms with Crippen LogP contribution in [0.2, 0.25) is 0 Å². The first-order valence-corrected chi connectivity index (χ1v) is 15.1. The number of carboxylic acid groups (broad SMARTS) is 1. The fourth-order valence-electron chi connectivity index (χ4n) is 4.89. The first-order valence-electron chi connectivity index (χ1n) is 15.1. The van der Waals surface area contributed by atoms with Gasteiger partial charge in [0.25, 0.3) is 0 Å². The SMILES string of the molecule is CC.CC.CC1=CC=C(C(O)(C2=CC=C3C=C(N)C=CC3C=C2O)c2ccc3ccccc3c2)C(C=O)=CC1.CCC(=O)O. The zero-order valence-electron chi connectivity index (χ0n) is 26.5. The van der Waals surface area contributed by atoms with Gasteiger partial charge in [-0.3, -0.25) is 9.59 Å². The van der Waals surface area contributed by atoms with E-state index in [0.717, 1.165) is 28.2 Å². The number of carbonyl (C=O) groups is 2. The number of nitrogens with two attached hydrogens (primary N) is 1. The third-order valence-electron chi connectivity index (χ3n) is 7.14. The van der Waals surface area contributed by atoms with E-state index in [9.17, 15) is 19.8 Å². The Kier molecular flexibility index (Phi) is 13.6. The zero-order chi connectivity index (χ0) is 32.9. The number of aliphatic carboxylic acids is 1. The molecule has 0 amide bonds. The lowest BCUT2D eigenvalue weighted by Crippen LogP contribution is -2.33. The zero-order valence-corrected chi connectivity index (χ0v) is 26.5. The minimum atomic E-state index is -1.79. The molecule has 5 N–H and O–H groups in total. The molecule has 0 fully saturated rings.